The van der Waals surface area contributed by atoms with Crippen LogP contribution >= 0.6 is 15.9 Å². The second-order valence-corrected chi connectivity index (χ2v) is 8.31. The van der Waals surface area contributed by atoms with E-state index < -0.39 is 23.8 Å². The summed E-state index contributed by atoms with van der Waals surface area (Å²) in [6.07, 6.45) is 0. The van der Waals surface area contributed by atoms with Crippen LogP contribution in [0, 0.1) is 13.8 Å². The smallest absolute Gasteiger partial charge is 0.334 e. The van der Waals surface area contributed by atoms with Gasteiger partial charge in [0.2, 0.25) is 5.95 Å². The second kappa shape index (κ2) is 8.51. The van der Waals surface area contributed by atoms with Crippen molar-refractivity contribution in [2.45, 2.75) is 26.8 Å². The fourth-order valence-corrected chi connectivity index (χ4v) is 3.77. The fourth-order valence-electron chi connectivity index (χ4n) is 3.41. The number of amides is 2. The first-order valence-electron chi connectivity index (χ1n) is 9.81. The van der Waals surface area contributed by atoms with Gasteiger partial charge in [0.15, 0.2) is 0 Å². The number of esters is 1. The standard InChI is InChI=1S/C23H19BrN4O4/c1-12-10-13(2)26-23(25-12)27-16-5-7-17(8-6-16)32-22(31)14(3)28-20(29)18-9-4-15(24)11-19(18)21(28)30/h4-11,14H,1-3H3,(H,25,26,27). The van der Waals surface area contributed by atoms with Gasteiger partial charge >= 0.3 is 5.97 Å². The quantitative estimate of drug-likeness (QED) is 0.322. The van der Waals surface area contributed by atoms with Crippen LogP contribution in [0.4, 0.5) is 11.6 Å². The van der Waals surface area contributed by atoms with E-state index in [9.17, 15) is 14.4 Å². The lowest BCUT2D eigenvalue weighted by Gasteiger charge is -2.20. The van der Waals surface area contributed by atoms with Crippen LogP contribution in [0.2, 0.25) is 0 Å². The molecule has 0 fully saturated rings. The van der Waals surface area contributed by atoms with Gasteiger partial charge in [0.25, 0.3) is 11.8 Å². The molecule has 2 aromatic carbocycles. The Bertz CT molecular complexity index is 1220. The number of nitrogens with zero attached hydrogens (tertiary/aromatic N) is 3. The number of nitrogens with one attached hydrogen (secondary N) is 1. The zero-order chi connectivity index (χ0) is 23.0. The monoisotopic (exact) mass is 494 g/mol. The van der Waals surface area contributed by atoms with Gasteiger partial charge < -0.3 is 10.1 Å². The Morgan fingerprint density at radius 2 is 1.59 bits per heavy atom. The summed E-state index contributed by atoms with van der Waals surface area (Å²) in [5.41, 5.74) is 2.93. The molecule has 8 nitrogen and oxygen atoms in total. The molecular formula is C23H19BrN4O4. The lowest BCUT2D eigenvalue weighted by Crippen LogP contribution is -2.44. The van der Waals surface area contributed by atoms with E-state index in [0.717, 1.165) is 16.3 Å². The predicted molar refractivity (Wildman–Crippen MR) is 121 cm³/mol. The molecule has 1 aliphatic heterocycles. The number of fused-ring (bicyclic) bond motifs is 1. The molecule has 1 aliphatic rings. The van der Waals surface area contributed by atoms with Gasteiger partial charge in [0.1, 0.15) is 11.8 Å². The Labute approximate surface area is 192 Å². The number of benzene rings is 2. The summed E-state index contributed by atoms with van der Waals surface area (Å²) in [5.74, 6) is -0.998. The summed E-state index contributed by atoms with van der Waals surface area (Å²) in [5, 5.41) is 3.10. The molecule has 2 amide bonds. The Balaban J connectivity index is 1.44. The maximum atomic E-state index is 12.7. The van der Waals surface area contributed by atoms with Gasteiger partial charge in [-0.1, -0.05) is 15.9 Å². The molecule has 9 heteroatoms. The Morgan fingerprint density at radius 3 is 2.25 bits per heavy atom. The molecule has 32 heavy (non-hydrogen) atoms. The zero-order valence-corrected chi connectivity index (χ0v) is 19.1. The number of imide groups is 1. The van der Waals surface area contributed by atoms with Gasteiger partial charge in [-0.2, -0.15) is 0 Å². The van der Waals surface area contributed by atoms with Gasteiger partial charge in [-0.25, -0.2) is 14.8 Å². The summed E-state index contributed by atoms with van der Waals surface area (Å²) >= 11 is 3.29. The van der Waals surface area contributed by atoms with E-state index in [1.54, 1.807) is 42.5 Å². The van der Waals surface area contributed by atoms with E-state index in [4.69, 9.17) is 4.74 Å². The number of ether oxygens (including phenoxy) is 1. The number of rotatable bonds is 5. The van der Waals surface area contributed by atoms with Gasteiger partial charge in [-0.05, 0) is 69.3 Å². The van der Waals surface area contributed by atoms with Gasteiger partial charge in [0, 0.05) is 21.5 Å². The molecule has 3 aromatic rings. The van der Waals surface area contributed by atoms with Crippen molar-refractivity contribution in [1.29, 1.82) is 0 Å². The van der Waals surface area contributed by atoms with Crippen LogP contribution in [0.1, 0.15) is 39.0 Å². The summed E-state index contributed by atoms with van der Waals surface area (Å²) in [7, 11) is 0. The first-order chi connectivity index (χ1) is 15.2. The van der Waals surface area contributed by atoms with Crippen molar-refractivity contribution in [2.75, 3.05) is 5.32 Å². The summed E-state index contributed by atoms with van der Waals surface area (Å²) in [6.45, 7) is 5.24. The topological polar surface area (TPSA) is 101 Å². The highest BCUT2D eigenvalue weighted by molar-refractivity contribution is 9.10. The average molecular weight is 495 g/mol. The summed E-state index contributed by atoms with van der Waals surface area (Å²) < 4.78 is 6.07. The number of anilines is 2. The molecular weight excluding hydrogens is 476 g/mol. The van der Waals surface area contributed by atoms with Crippen LogP contribution in [-0.2, 0) is 4.79 Å². The van der Waals surface area contributed by atoms with Crippen molar-refractivity contribution >= 4 is 45.3 Å². The van der Waals surface area contributed by atoms with Gasteiger partial charge in [-0.15, -0.1) is 0 Å². The van der Waals surface area contributed by atoms with Crippen molar-refractivity contribution in [3.05, 3.63) is 75.5 Å². The van der Waals surface area contributed by atoms with E-state index >= 15 is 0 Å². The lowest BCUT2D eigenvalue weighted by molar-refractivity contribution is -0.138. The SMILES string of the molecule is Cc1cc(C)nc(Nc2ccc(OC(=O)C(C)N3C(=O)c4ccc(Br)cc4C3=O)cc2)n1. The molecule has 0 saturated heterocycles. The van der Waals surface area contributed by atoms with Crippen LogP contribution in [0.15, 0.2) is 53.0 Å². The summed E-state index contributed by atoms with van der Waals surface area (Å²) in [4.78, 5) is 47.5. The highest BCUT2D eigenvalue weighted by Crippen LogP contribution is 2.28. The molecule has 0 saturated carbocycles. The number of hydrogen-bond acceptors (Lipinski definition) is 7. The third-order valence-electron chi connectivity index (χ3n) is 4.92. The number of aryl methyl sites for hydroxylation is 2. The molecule has 2 heterocycles. The van der Waals surface area contributed by atoms with Crippen LogP contribution in [0.3, 0.4) is 0 Å². The third-order valence-corrected chi connectivity index (χ3v) is 5.41. The summed E-state index contributed by atoms with van der Waals surface area (Å²) in [6, 6.07) is 12.2. The highest BCUT2D eigenvalue weighted by Gasteiger charge is 2.41. The van der Waals surface area contributed by atoms with E-state index in [0.29, 0.717) is 16.1 Å². The van der Waals surface area contributed by atoms with E-state index in [1.807, 2.05) is 19.9 Å². The van der Waals surface area contributed by atoms with Crippen molar-refractivity contribution in [3.63, 3.8) is 0 Å². The van der Waals surface area contributed by atoms with E-state index in [-0.39, 0.29) is 16.9 Å². The third kappa shape index (κ3) is 4.24. The molecule has 1 unspecified atom stereocenters. The highest BCUT2D eigenvalue weighted by atomic mass is 79.9. The predicted octanol–water partition coefficient (Wildman–Crippen LogP) is 4.19. The molecule has 0 spiro atoms. The van der Waals surface area contributed by atoms with Crippen LogP contribution in [0.25, 0.3) is 0 Å². The van der Waals surface area contributed by atoms with Gasteiger partial charge in [-0.3, -0.25) is 14.5 Å². The Morgan fingerprint density at radius 1 is 0.969 bits per heavy atom. The van der Waals surface area contributed by atoms with Crippen LogP contribution < -0.4 is 10.1 Å². The lowest BCUT2D eigenvalue weighted by atomic mass is 10.1. The normalized spacial score (nSPS) is 13.7. The van der Waals surface area contributed by atoms with Crippen molar-refractivity contribution in [1.82, 2.24) is 14.9 Å². The van der Waals surface area contributed by atoms with E-state index in [1.165, 1.54) is 6.92 Å². The molecule has 0 aliphatic carbocycles. The minimum Gasteiger partial charge on any atom is -0.425 e. The molecule has 1 N–H and O–H groups in total. The number of hydrogen-bond donors (Lipinski definition) is 1. The first-order valence-corrected chi connectivity index (χ1v) is 10.6. The van der Waals surface area contributed by atoms with Crippen molar-refractivity contribution in [3.8, 4) is 5.75 Å². The Hall–Kier alpha value is -3.59. The molecule has 1 atom stereocenters. The first kappa shape index (κ1) is 21.6. The number of aromatic nitrogens is 2. The number of carbonyl (C=O) groups is 3. The minimum absolute atomic E-state index is 0.257. The second-order valence-electron chi connectivity index (χ2n) is 7.39. The number of carbonyl (C=O) groups excluding carboxylic acids is 3. The largest absolute Gasteiger partial charge is 0.425 e. The molecule has 0 bridgehead atoms. The molecule has 4 rings (SSSR count). The van der Waals surface area contributed by atoms with Crippen LogP contribution in [0.5, 0.6) is 5.75 Å². The molecule has 162 valence electrons. The van der Waals surface area contributed by atoms with Crippen molar-refractivity contribution < 1.29 is 19.1 Å². The maximum absolute atomic E-state index is 12.7. The number of halogens is 1. The maximum Gasteiger partial charge on any atom is 0.334 e. The Kier molecular flexibility index (Phi) is 5.75. The minimum atomic E-state index is -1.08. The fraction of sp³-hybridized carbons (Fsp3) is 0.174. The van der Waals surface area contributed by atoms with E-state index in [2.05, 4.69) is 31.2 Å². The van der Waals surface area contributed by atoms with Crippen molar-refractivity contribution in [2.24, 2.45) is 0 Å². The zero-order valence-electron chi connectivity index (χ0n) is 17.5. The average Bonchev–Trinajstić information content (AvgIpc) is 2.97. The molecule has 0 radical (unpaired) electrons. The van der Waals surface area contributed by atoms with Gasteiger partial charge in [0.05, 0.1) is 11.1 Å². The van der Waals surface area contributed by atoms with Crippen LogP contribution in [-0.4, -0.2) is 38.7 Å². The molecule has 1 aromatic heterocycles.